The SMILES string of the molecule is CS(=O)(=O)N1CCN(C(=O)NC(C(=O)N[C@H]2Cc3cccc(C(=O)O)c3OB2O)c2c(F)cc(O)cc2F)C1=O. The molecule has 2 aliphatic rings. The first-order valence-electron chi connectivity index (χ1n) is 11.5. The molecule has 2 aliphatic heterocycles. The normalized spacial score (nSPS) is 17.6. The number of aromatic carboxylic acids is 1. The summed E-state index contributed by atoms with van der Waals surface area (Å²) in [6, 6.07) is 0.245. The number of phenols is 1. The third-order valence-corrected chi connectivity index (χ3v) is 7.32. The minimum Gasteiger partial charge on any atom is -0.534 e. The van der Waals surface area contributed by atoms with Crippen molar-refractivity contribution in [2.75, 3.05) is 19.3 Å². The molecule has 0 bridgehead atoms. The molecule has 18 heteroatoms. The van der Waals surface area contributed by atoms with Crippen LogP contribution in [-0.4, -0.2) is 89.2 Å². The second kappa shape index (κ2) is 10.6. The number of aromatic hydroxyl groups is 1. The van der Waals surface area contributed by atoms with E-state index in [0.717, 1.165) is 6.26 Å². The van der Waals surface area contributed by atoms with E-state index in [9.17, 15) is 51.6 Å². The zero-order valence-corrected chi connectivity index (χ0v) is 21.3. The highest BCUT2D eigenvalue weighted by atomic mass is 32.2. The number of urea groups is 2. The van der Waals surface area contributed by atoms with Crippen LogP contribution in [0.1, 0.15) is 27.5 Å². The molecule has 2 aromatic rings. The lowest BCUT2D eigenvalue weighted by Gasteiger charge is -2.30. The number of rotatable bonds is 6. The predicted molar refractivity (Wildman–Crippen MR) is 131 cm³/mol. The Morgan fingerprint density at radius 1 is 1.18 bits per heavy atom. The second-order valence-electron chi connectivity index (χ2n) is 8.90. The Labute approximate surface area is 225 Å². The maximum Gasteiger partial charge on any atom is 0.547 e. The minimum atomic E-state index is -4.03. The molecule has 212 valence electrons. The lowest BCUT2D eigenvalue weighted by atomic mass is 9.72. The van der Waals surface area contributed by atoms with E-state index in [1.54, 1.807) is 0 Å². The summed E-state index contributed by atoms with van der Waals surface area (Å²) in [7, 11) is -5.85. The third-order valence-electron chi connectivity index (χ3n) is 6.18. The van der Waals surface area contributed by atoms with Gasteiger partial charge in [-0.15, -0.1) is 0 Å². The average molecular weight is 582 g/mol. The number of carbonyl (C=O) groups is 4. The monoisotopic (exact) mass is 582 g/mol. The van der Waals surface area contributed by atoms with Gasteiger partial charge in [0.25, 0.3) is 0 Å². The summed E-state index contributed by atoms with van der Waals surface area (Å²) in [5.41, 5.74) is -1.00. The fraction of sp³-hybridized carbons (Fsp3) is 0.273. The van der Waals surface area contributed by atoms with Gasteiger partial charge in [-0.3, -0.25) is 4.79 Å². The van der Waals surface area contributed by atoms with Gasteiger partial charge in [-0.05, 0) is 18.1 Å². The molecule has 0 radical (unpaired) electrons. The number of hydrogen-bond donors (Lipinski definition) is 5. The fourth-order valence-corrected chi connectivity index (χ4v) is 5.11. The van der Waals surface area contributed by atoms with Gasteiger partial charge in [-0.2, -0.15) is 0 Å². The number of nitrogens with one attached hydrogen (secondary N) is 2. The van der Waals surface area contributed by atoms with E-state index in [2.05, 4.69) is 5.32 Å². The molecule has 2 aromatic carbocycles. The van der Waals surface area contributed by atoms with Gasteiger partial charge < -0.3 is 30.5 Å². The Kier molecular flexibility index (Phi) is 7.58. The van der Waals surface area contributed by atoms with Crippen LogP contribution in [0.3, 0.4) is 0 Å². The molecule has 5 N–H and O–H groups in total. The van der Waals surface area contributed by atoms with E-state index in [1.165, 1.54) is 18.2 Å². The topological polar surface area (TPSA) is 203 Å². The van der Waals surface area contributed by atoms with Crippen LogP contribution in [0.5, 0.6) is 11.5 Å². The van der Waals surface area contributed by atoms with Crippen molar-refractivity contribution in [2.24, 2.45) is 0 Å². The summed E-state index contributed by atoms with van der Waals surface area (Å²) < 4.78 is 58.8. The van der Waals surface area contributed by atoms with E-state index < -0.39 is 89.1 Å². The van der Waals surface area contributed by atoms with Crippen molar-refractivity contribution in [2.45, 2.75) is 18.4 Å². The van der Waals surface area contributed by atoms with Gasteiger partial charge in [-0.1, -0.05) is 12.1 Å². The van der Waals surface area contributed by atoms with Gasteiger partial charge in [-0.25, -0.2) is 40.8 Å². The average Bonchev–Trinajstić information content (AvgIpc) is 3.24. The van der Waals surface area contributed by atoms with Crippen molar-refractivity contribution in [1.29, 1.82) is 0 Å². The number of phenolic OH excluding ortho intramolecular Hbond substituents is 1. The number of sulfonamides is 1. The quantitative estimate of drug-likeness (QED) is 0.288. The maximum absolute atomic E-state index is 14.8. The maximum atomic E-state index is 14.8. The molecule has 5 amide bonds. The number of benzene rings is 2. The number of amides is 5. The van der Waals surface area contributed by atoms with Crippen molar-refractivity contribution >= 4 is 41.1 Å². The molecule has 0 aliphatic carbocycles. The van der Waals surface area contributed by atoms with Crippen LogP contribution < -0.4 is 15.3 Å². The summed E-state index contributed by atoms with van der Waals surface area (Å²) in [4.78, 5) is 50.5. The number of imide groups is 1. The molecule has 0 saturated carbocycles. The zero-order valence-electron chi connectivity index (χ0n) is 20.5. The van der Waals surface area contributed by atoms with Gasteiger partial charge in [0.15, 0.2) is 0 Å². The lowest BCUT2D eigenvalue weighted by Crippen LogP contribution is -2.56. The summed E-state index contributed by atoms with van der Waals surface area (Å²) in [6.45, 7) is -0.822. The zero-order chi connectivity index (χ0) is 29.5. The standard InChI is InChI=1S/C22H21BF2N4O10S/c1-40(37,38)29-6-5-28(22(29)35)21(34)27-17(16-13(24)8-11(30)9-14(16)25)19(31)26-15-7-10-3-2-4-12(20(32)33)18(10)39-23(15)36/h2-4,8-9,15,17,30,36H,5-7H2,1H3,(H,26,31)(H,27,34)(H,32,33)/t15-,17?/m0/s1. The Balaban J connectivity index is 1.62. The fourth-order valence-electron chi connectivity index (χ4n) is 4.31. The largest absolute Gasteiger partial charge is 0.547 e. The second-order valence-corrected chi connectivity index (χ2v) is 10.8. The molecule has 0 aromatic heterocycles. The molecule has 1 saturated heterocycles. The number of halogens is 2. The van der Waals surface area contributed by atoms with E-state index in [0.29, 0.717) is 21.3 Å². The van der Waals surface area contributed by atoms with Crippen LogP contribution in [-0.2, 0) is 21.2 Å². The van der Waals surface area contributed by atoms with Crippen LogP contribution in [0.4, 0.5) is 18.4 Å². The molecule has 0 spiro atoms. The molecule has 4 rings (SSSR count). The number of fused-ring (bicyclic) bond motifs is 1. The summed E-state index contributed by atoms with van der Waals surface area (Å²) in [5, 5.41) is 33.6. The van der Waals surface area contributed by atoms with Crippen LogP contribution in [0.15, 0.2) is 30.3 Å². The van der Waals surface area contributed by atoms with E-state index >= 15 is 0 Å². The van der Waals surface area contributed by atoms with Crippen molar-refractivity contribution in [3.8, 4) is 11.5 Å². The van der Waals surface area contributed by atoms with Crippen LogP contribution in [0.25, 0.3) is 0 Å². The molecule has 1 fully saturated rings. The molecular formula is C22H21BF2N4O10S. The Hall–Kier alpha value is -4.45. The number of carboxylic acid groups (broad SMARTS) is 1. The lowest BCUT2D eigenvalue weighted by molar-refractivity contribution is -0.123. The van der Waals surface area contributed by atoms with Gasteiger partial charge in [0.1, 0.15) is 29.2 Å². The van der Waals surface area contributed by atoms with Gasteiger partial charge in [0, 0.05) is 12.1 Å². The first-order chi connectivity index (χ1) is 18.7. The number of carboxylic acids is 1. The van der Waals surface area contributed by atoms with Crippen molar-refractivity contribution < 1.29 is 56.3 Å². The molecule has 40 heavy (non-hydrogen) atoms. The predicted octanol–water partition coefficient (Wildman–Crippen LogP) is -0.0439. The first kappa shape index (κ1) is 28.6. The van der Waals surface area contributed by atoms with Gasteiger partial charge in [0.2, 0.25) is 15.9 Å². The number of para-hydroxylation sites is 1. The van der Waals surface area contributed by atoms with E-state index in [4.69, 9.17) is 4.65 Å². The van der Waals surface area contributed by atoms with Crippen molar-refractivity contribution in [3.05, 3.63) is 58.7 Å². The summed E-state index contributed by atoms with van der Waals surface area (Å²) in [6.07, 6.45) is 0.553. The van der Waals surface area contributed by atoms with Crippen molar-refractivity contribution in [1.82, 2.24) is 19.8 Å². The number of nitrogens with zero attached hydrogens (tertiary/aromatic N) is 2. The molecule has 1 unspecified atom stereocenters. The minimum absolute atomic E-state index is 0.142. The van der Waals surface area contributed by atoms with E-state index in [-0.39, 0.29) is 23.3 Å². The molecule has 2 heterocycles. The smallest absolute Gasteiger partial charge is 0.534 e. The van der Waals surface area contributed by atoms with Crippen LogP contribution >= 0.6 is 0 Å². The third kappa shape index (κ3) is 5.48. The van der Waals surface area contributed by atoms with E-state index in [1.807, 2.05) is 5.32 Å². The highest BCUT2D eigenvalue weighted by Gasteiger charge is 2.42. The van der Waals surface area contributed by atoms with Crippen molar-refractivity contribution in [3.63, 3.8) is 0 Å². The number of carbonyl (C=O) groups excluding carboxylic acids is 3. The first-order valence-corrected chi connectivity index (χ1v) is 13.3. The Morgan fingerprint density at radius 2 is 1.82 bits per heavy atom. The van der Waals surface area contributed by atoms with Crippen LogP contribution in [0.2, 0.25) is 0 Å². The Morgan fingerprint density at radius 3 is 2.40 bits per heavy atom. The molecular weight excluding hydrogens is 561 g/mol. The number of hydrogen-bond acceptors (Lipinski definition) is 9. The van der Waals surface area contributed by atoms with Gasteiger partial charge >= 0.3 is 25.1 Å². The van der Waals surface area contributed by atoms with Crippen LogP contribution in [0, 0.1) is 11.6 Å². The Bertz CT molecular complexity index is 1500. The molecule has 14 nitrogen and oxygen atoms in total. The summed E-state index contributed by atoms with van der Waals surface area (Å²) >= 11 is 0. The molecule has 2 atom stereocenters. The van der Waals surface area contributed by atoms with Gasteiger partial charge in [0.05, 0.1) is 36.4 Å². The highest BCUT2D eigenvalue weighted by molar-refractivity contribution is 7.88. The summed E-state index contributed by atoms with van der Waals surface area (Å²) in [5.74, 6) is -7.77. The highest BCUT2D eigenvalue weighted by Crippen LogP contribution is 2.31.